The van der Waals surface area contributed by atoms with Crippen molar-refractivity contribution in [2.24, 2.45) is 0 Å². The second-order valence-electron chi connectivity index (χ2n) is 4.14. The van der Waals surface area contributed by atoms with Crippen molar-refractivity contribution < 1.29 is 12.8 Å². The number of rotatable bonds is 4. The number of nitrogens with one attached hydrogen (secondary N) is 1. The molecule has 0 saturated heterocycles. The molecule has 1 heterocycles. The fourth-order valence-corrected chi connectivity index (χ4v) is 3.19. The fourth-order valence-electron chi connectivity index (χ4n) is 1.78. The Balaban J connectivity index is 2.35. The van der Waals surface area contributed by atoms with Gasteiger partial charge in [0.2, 0.25) is 0 Å². The molecule has 0 saturated carbocycles. The summed E-state index contributed by atoms with van der Waals surface area (Å²) in [5.74, 6) is -0.607. The van der Waals surface area contributed by atoms with Crippen LogP contribution < -0.4 is 4.72 Å². The van der Waals surface area contributed by atoms with Crippen molar-refractivity contribution in [2.45, 2.75) is 25.3 Å². The fraction of sp³-hybridized carbons (Fsp3) is 0.250. The molecular weight excluding hydrogens is 305 g/mol. The maximum absolute atomic E-state index is 13.0. The number of aromatic nitrogens is 2. The molecule has 20 heavy (non-hydrogen) atoms. The molecule has 2 rings (SSSR count). The van der Waals surface area contributed by atoms with E-state index in [0.29, 0.717) is 12.2 Å². The summed E-state index contributed by atoms with van der Waals surface area (Å²) in [7, 11) is -3.78. The molecular formula is C12H13ClFN3O2S. The lowest BCUT2D eigenvalue weighted by atomic mass is 10.3. The Morgan fingerprint density at radius 2 is 2.15 bits per heavy atom. The Bertz CT molecular complexity index is 743. The standard InChI is InChI=1S/C12H13ClFN3O2S/c1-3-17-8(2)12(7-15-17)20(18,19)16-9-4-5-11(14)10(13)6-9/h4-7,16H,3H2,1-2H3. The summed E-state index contributed by atoms with van der Waals surface area (Å²) >= 11 is 5.62. The number of benzene rings is 1. The number of nitrogens with zero attached hydrogens (tertiary/aromatic N) is 2. The number of sulfonamides is 1. The average Bonchev–Trinajstić information content (AvgIpc) is 2.75. The van der Waals surface area contributed by atoms with E-state index in [1.54, 1.807) is 11.6 Å². The van der Waals surface area contributed by atoms with Gasteiger partial charge in [0.1, 0.15) is 10.7 Å². The van der Waals surface area contributed by atoms with Crippen molar-refractivity contribution in [3.63, 3.8) is 0 Å². The summed E-state index contributed by atoms with van der Waals surface area (Å²) in [5, 5.41) is 3.84. The van der Waals surface area contributed by atoms with E-state index < -0.39 is 15.8 Å². The summed E-state index contributed by atoms with van der Waals surface area (Å²) in [5.41, 5.74) is 0.730. The van der Waals surface area contributed by atoms with E-state index in [0.717, 1.165) is 6.07 Å². The van der Waals surface area contributed by atoms with Crippen LogP contribution in [-0.2, 0) is 16.6 Å². The molecule has 0 spiro atoms. The zero-order valence-electron chi connectivity index (χ0n) is 10.9. The van der Waals surface area contributed by atoms with Crippen LogP contribution >= 0.6 is 11.6 Å². The van der Waals surface area contributed by atoms with E-state index in [-0.39, 0.29) is 15.6 Å². The number of aryl methyl sites for hydroxylation is 1. The minimum Gasteiger partial charge on any atom is -0.279 e. The van der Waals surface area contributed by atoms with Crippen LogP contribution in [0.15, 0.2) is 29.3 Å². The van der Waals surface area contributed by atoms with Crippen molar-refractivity contribution in [1.82, 2.24) is 9.78 Å². The monoisotopic (exact) mass is 317 g/mol. The van der Waals surface area contributed by atoms with E-state index in [1.165, 1.54) is 18.3 Å². The third kappa shape index (κ3) is 2.78. The highest BCUT2D eigenvalue weighted by molar-refractivity contribution is 7.92. The van der Waals surface area contributed by atoms with Crippen LogP contribution in [0.3, 0.4) is 0 Å². The second kappa shape index (κ2) is 5.41. The first-order valence-electron chi connectivity index (χ1n) is 5.85. The zero-order chi connectivity index (χ0) is 14.9. The van der Waals surface area contributed by atoms with Gasteiger partial charge in [0.25, 0.3) is 10.0 Å². The summed E-state index contributed by atoms with van der Waals surface area (Å²) in [6.07, 6.45) is 1.28. The Kier molecular flexibility index (Phi) is 4.01. The Hall–Kier alpha value is -1.60. The molecule has 1 aromatic carbocycles. The van der Waals surface area contributed by atoms with Gasteiger partial charge in [-0.05, 0) is 32.0 Å². The quantitative estimate of drug-likeness (QED) is 0.943. The van der Waals surface area contributed by atoms with Crippen molar-refractivity contribution in [3.8, 4) is 0 Å². The molecule has 0 fully saturated rings. The van der Waals surface area contributed by atoms with Gasteiger partial charge in [0, 0.05) is 6.54 Å². The van der Waals surface area contributed by atoms with Crippen molar-refractivity contribution in [2.75, 3.05) is 4.72 Å². The van der Waals surface area contributed by atoms with Crippen LogP contribution in [0, 0.1) is 12.7 Å². The van der Waals surface area contributed by atoms with Gasteiger partial charge in [0.15, 0.2) is 0 Å². The molecule has 0 radical (unpaired) electrons. The van der Waals surface area contributed by atoms with Gasteiger partial charge in [-0.3, -0.25) is 9.40 Å². The zero-order valence-corrected chi connectivity index (χ0v) is 12.5. The van der Waals surface area contributed by atoms with Crippen LogP contribution in [0.2, 0.25) is 5.02 Å². The van der Waals surface area contributed by atoms with Crippen LogP contribution in [0.5, 0.6) is 0 Å². The van der Waals surface area contributed by atoms with Gasteiger partial charge in [-0.1, -0.05) is 11.6 Å². The van der Waals surface area contributed by atoms with Crippen molar-refractivity contribution in [3.05, 3.63) is 40.9 Å². The van der Waals surface area contributed by atoms with Gasteiger partial charge in [-0.25, -0.2) is 12.8 Å². The summed E-state index contributed by atoms with van der Waals surface area (Å²) in [6.45, 7) is 4.11. The van der Waals surface area contributed by atoms with Crippen molar-refractivity contribution >= 4 is 27.3 Å². The highest BCUT2D eigenvalue weighted by Crippen LogP contribution is 2.23. The van der Waals surface area contributed by atoms with Crippen LogP contribution in [0.25, 0.3) is 0 Å². The molecule has 108 valence electrons. The molecule has 0 aliphatic carbocycles. The van der Waals surface area contributed by atoms with Gasteiger partial charge in [-0.2, -0.15) is 5.10 Å². The summed E-state index contributed by atoms with van der Waals surface area (Å²) < 4.78 is 41.5. The van der Waals surface area contributed by atoms with Gasteiger partial charge < -0.3 is 0 Å². The largest absolute Gasteiger partial charge is 0.279 e. The Labute approximate surface area is 121 Å². The molecule has 0 amide bonds. The van der Waals surface area contributed by atoms with E-state index in [2.05, 4.69) is 9.82 Å². The lowest BCUT2D eigenvalue weighted by molar-refractivity contribution is 0.598. The molecule has 0 aliphatic heterocycles. The van der Waals surface area contributed by atoms with Crippen LogP contribution in [0.1, 0.15) is 12.6 Å². The smallest absolute Gasteiger partial charge is 0.265 e. The predicted octanol–water partition coefficient (Wildman–Crippen LogP) is 2.80. The number of anilines is 1. The summed E-state index contributed by atoms with van der Waals surface area (Å²) in [6, 6.07) is 3.62. The highest BCUT2D eigenvalue weighted by Gasteiger charge is 2.20. The third-order valence-corrected chi connectivity index (χ3v) is 4.59. The molecule has 2 aromatic rings. The lowest BCUT2D eigenvalue weighted by Gasteiger charge is -2.08. The number of halogens is 2. The van der Waals surface area contributed by atoms with Gasteiger partial charge >= 0.3 is 0 Å². The predicted molar refractivity (Wildman–Crippen MR) is 74.9 cm³/mol. The Morgan fingerprint density at radius 3 is 2.70 bits per heavy atom. The summed E-state index contributed by atoms with van der Waals surface area (Å²) in [4.78, 5) is 0.0831. The SMILES string of the molecule is CCn1ncc(S(=O)(=O)Nc2ccc(F)c(Cl)c2)c1C. The Morgan fingerprint density at radius 1 is 1.45 bits per heavy atom. The minimum atomic E-state index is -3.78. The molecule has 8 heteroatoms. The topological polar surface area (TPSA) is 64.0 Å². The first-order chi connectivity index (χ1) is 9.35. The van der Waals surface area contributed by atoms with Crippen LogP contribution in [0.4, 0.5) is 10.1 Å². The number of hydrogen-bond donors (Lipinski definition) is 1. The van der Waals surface area contributed by atoms with E-state index in [4.69, 9.17) is 11.6 Å². The second-order valence-corrected chi connectivity index (χ2v) is 6.20. The molecule has 1 aromatic heterocycles. The molecule has 0 aliphatic rings. The maximum Gasteiger partial charge on any atom is 0.265 e. The average molecular weight is 318 g/mol. The van der Waals surface area contributed by atoms with Gasteiger partial charge in [0.05, 0.1) is 22.6 Å². The first kappa shape index (κ1) is 14.8. The highest BCUT2D eigenvalue weighted by atomic mass is 35.5. The molecule has 1 N–H and O–H groups in total. The third-order valence-electron chi connectivity index (χ3n) is 2.82. The molecule has 0 atom stereocenters. The van der Waals surface area contributed by atoms with E-state index >= 15 is 0 Å². The van der Waals surface area contributed by atoms with Gasteiger partial charge in [-0.15, -0.1) is 0 Å². The number of hydrogen-bond acceptors (Lipinski definition) is 3. The normalized spacial score (nSPS) is 11.6. The molecule has 5 nitrogen and oxygen atoms in total. The van der Waals surface area contributed by atoms with E-state index in [9.17, 15) is 12.8 Å². The van der Waals surface area contributed by atoms with E-state index in [1.807, 2.05) is 6.92 Å². The minimum absolute atomic E-state index is 0.0831. The molecule has 0 unspecified atom stereocenters. The maximum atomic E-state index is 13.0. The first-order valence-corrected chi connectivity index (χ1v) is 7.71. The molecule has 0 bridgehead atoms. The lowest BCUT2D eigenvalue weighted by Crippen LogP contribution is -2.14. The van der Waals surface area contributed by atoms with Crippen LogP contribution in [-0.4, -0.2) is 18.2 Å². The van der Waals surface area contributed by atoms with Crippen molar-refractivity contribution in [1.29, 1.82) is 0 Å².